The van der Waals surface area contributed by atoms with Gasteiger partial charge in [0.1, 0.15) is 17.1 Å². The van der Waals surface area contributed by atoms with Gasteiger partial charge in [0.05, 0.1) is 11.2 Å². The minimum Gasteiger partial charge on any atom is -0.506 e. The number of carbonyl (C=O) groups is 2. The number of rotatable bonds is 4. The smallest absolute Gasteiger partial charge is 0.274 e. The van der Waals surface area contributed by atoms with Crippen LogP contribution in [0, 0.1) is 6.92 Å². The van der Waals surface area contributed by atoms with E-state index in [2.05, 4.69) is 20.3 Å². The number of aromatic amines is 3. The highest BCUT2D eigenvalue weighted by molar-refractivity contribution is 6.19. The third-order valence-electron chi connectivity index (χ3n) is 7.57. The Morgan fingerprint density at radius 3 is 2.62 bits per heavy atom. The van der Waals surface area contributed by atoms with E-state index in [0.29, 0.717) is 40.7 Å². The lowest BCUT2D eigenvalue weighted by Gasteiger charge is -2.17. The van der Waals surface area contributed by atoms with Crippen LogP contribution in [0.5, 0.6) is 5.75 Å². The predicted molar refractivity (Wildman–Crippen MR) is 154 cm³/mol. The van der Waals surface area contributed by atoms with Crippen molar-refractivity contribution in [2.75, 3.05) is 22.6 Å². The summed E-state index contributed by atoms with van der Waals surface area (Å²) in [5.74, 6) is -0.0659. The normalized spacial score (nSPS) is 14.9. The molecule has 1 aliphatic rings. The quantitative estimate of drug-likeness (QED) is 0.168. The summed E-state index contributed by atoms with van der Waals surface area (Å²) in [6.45, 7) is 2.39. The Balaban J connectivity index is 1.19. The highest BCUT2D eigenvalue weighted by Gasteiger charge is 2.36. The Morgan fingerprint density at radius 1 is 1.03 bits per heavy atom. The second-order valence-corrected chi connectivity index (χ2v) is 10.3. The van der Waals surface area contributed by atoms with Crippen LogP contribution >= 0.6 is 11.6 Å². The molecule has 3 aromatic carbocycles. The molecule has 0 spiro atoms. The molecule has 8 nitrogen and oxygen atoms in total. The van der Waals surface area contributed by atoms with Gasteiger partial charge in [0, 0.05) is 63.5 Å². The van der Waals surface area contributed by atoms with E-state index in [4.69, 9.17) is 11.6 Å². The van der Waals surface area contributed by atoms with E-state index in [1.165, 1.54) is 0 Å². The van der Waals surface area contributed by atoms with Crippen molar-refractivity contribution < 1.29 is 14.7 Å². The number of amides is 2. The van der Waals surface area contributed by atoms with Gasteiger partial charge in [0.2, 0.25) is 0 Å². The summed E-state index contributed by atoms with van der Waals surface area (Å²) in [5, 5.41) is 16.3. The fraction of sp³-hybridized carbons (Fsp3) is 0.133. The first-order valence-electron chi connectivity index (χ1n) is 12.6. The van der Waals surface area contributed by atoms with E-state index >= 15 is 0 Å². The molecule has 5 N–H and O–H groups in total. The summed E-state index contributed by atoms with van der Waals surface area (Å²) in [7, 11) is 0. The second kappa shape index (κ2) is 8.68. The number of carbonyl (C=O) groups excluding carboxylic acids is 2. The summed E-state index contributed by atoms with van der Waals surface area (Å²) in [6.07, 6.45) is 1.85. The van der Waals surface area contributed by atoms with E-state index in [0.717, 1.165) is 38.3 Å². The van der Waals surface area contributed by atoms with Crippen molar-refractivity contribution in [3.05, 3.63) is 89.4 Å². The Hall–Kier alpha value is -4.69. The molecule has 0 radical (unpaired) electrons. The number of anilines is 2. The maximum absolute atomic E-state index is 13.7. The van der Waals surface area contributed by atoms with Crippen molar-refractivity contribution in [1.82, 2.24) is 15.0 Å². The number of para-hydroxylation sites is 1. The largest absolute Gasteiger partial charge is 0.506 e. The topological polar surface area (TPSA) is 117 Å². The van der Waals surface area contributed by atoms with Gasteiger partial charge in [-0.15, -0.1) is 11.6 Å². The second-order valence-electron chi connectivity index (χ2n) is 10.0. The molecule has 194 valence electrons. The van der Waals surface area contributed by atoms with E-state index < -0.39 is 0 Å². The molecule has 6 aromatic rings. The molecule has 0 saturated heterocycles. The molecule has 4 heterocycles. The first kappa shape index (κ1) is 23.4. The number of aryl methyl sites for hydroxylation is 1. The number of phenolic OH excluding ortho intramolecular Hbond substituents is 1. The van der Waals surface area contributed by atoms with Crippen molar-refractivity contribution >= 4 is 67.5 Å². The standard InChI is InChI=1S/C30H24ClN5O3/c1-15-13-32-28-25(37)11-24-27(26(15)28)18(12-31)14-36(24)30(39)23-10-17-8-19(6-7-21(17)35-23)33-29(38)22-9-16-4-2-3-5-20(16)34-22/h2-11,13,18,32,34-35,37H,12,14H2,1H3,(H,33,38)/t18-/m1/s1. The Kier molecular flexibility index (Phi) is 5.21. The Bertz CT molecular complexity index is 1920. The SMILES string of the molecule is Cc1c[nH]c2c(O)cc3c(c12)[C@H](CCl)CN3C(=O)c1cc2cc(NC(=O)c3cc4ccccc4[nH]3)ccc2[nH]1. The van der Waals surface area contributed by atoms with Gasteiger partial charge in [-0.1, -0.05) is 18.2 Å². The molecular formula is C30H24ClN5O3. The number of aromatic nitrogens is 3. The number of aromatic hydroxyl groups is 1. The summed E-state index contributed by atoms with van der Waals surface area (Å²) >= 11 is 6.35. The van der Waals surface area contributed by atoms with Crippen LogP contribution in [0.1, 0.15) is 38.0 Å². The van der Waals surface area contributed by atoms with Crippen LogP contribution in [0.4, 0.5) is 11.4 Å². The van der Waals surface area contributed by atoms with Crippen LogP contribution in [0.2, 0.25) is 0 Å². The fourth-order valence-electron chi connectivity index (χ4n) is 5.71. The molecule has 0 bridgehead atoms. The van der Waals surface area contributed by atoms with E-state index in [9.17, 15) is 14.7 Å². The maximum atomic E-state index is 13.7. The maximum Gasteiger partial charge on any atom is 0.274 e. The van der Waals surface area contributed by atoms with Crippen molar-refractivity contribution in [2.45, 2.75) is 12.8 Å². The first-order chi connectivity index (χ1) is 18.9. The number of nitrogens with one attached hydrogen (secondary N) is 4. The van der Waals surface area contributed by atoms with E-state index in [-0.39, 0.29) is 23.5 Å². The molecular weight excluding hydrogens is 514 g/mol. The minimum atomic E-state index is -0.246. The van der Waals surface area contributed by atoms with Gasteiger partial charge in [0.15, 0.2) is 0 Å². The van der Waals surface area contributed by atoms with Crippen molar-refractivity contribution in [2.24, 2.45) is 0 Å². The number of nitrogens with zero attached hydrogens (tertiary/aromatic N) is 1. The molecule has 7 rings (SSSR count). The molecule has 39 heavy (non-hydrogen) atoms. The monoisotopic (exact) mass is 537 g/mol. The first-order valence-corrected chi connectivity index (χ1v) is 13.2. The Labute approximate surface area is 227 Å². The average Bonchev–Trinajstić information content (AvgIpc) is 3.71. The lowest BCUT2D eigenvalue weighted by Crippen LogP contribution is -2.30. The third-order valence-corrected chi connectivity index (χ3v) is 7.94. The number of halogens is 1. The van der Waals surface area contributed by atoms with Crippen LogP contribution in [-0.2, 0) is 0 Å². The summed E-state index contributed by atoms with van der Waals surface area (Å²) < 4.78 is 0. The predicted octanol–water partition coefficient (Wildman–Crippen LogP) is 6.38. The van der Waals surface area contributed by atoms with Crippen molar-refractivity contribution in [3.63, 3.8) is 0 Å². The number of fused-ring (bicyclic) bond motifs is 5. The molecule has 3 aromatic heterocycles. The van der Waals surface area contributed by atoms with E-state index in [1.807, 2.05) is 55.6 Å². The molecule has 1 aliphatic heterocycles. The lowest BCUT2D eigenvalue weighted by atomic mass is 9.97. The number of hydrogen-bond acceptors (Lipinski definition) is 3. The van der Waals surface area contributed by atoms with Crippen molar-refractivity contribution in [1.29, 1.82) is 0 Å². The number of phenols is 1. The average molecular weight is 538 g/mol. The summed E-state index contributed by atoms with van der Waals surface area (Å²) in [4.78, 5) is 37.8. The van der Waals surface area contributed by atoms with E-state index in [1.54, 1.807) is 23.1 Å². The number of benzene rings is 3. The van der Waals surface area contributed by atoms with Gasteiger partial charge >= 0.3 is 0 Å². The highest BCUT2D eigenvalue weighted by Crippen LogP contribution is 2.46. The third kappa shape index (κ3) is 3.67. The number of hydrogen-bond donors (Lipinski definition) is 5. The summed E-state index contributed by atoms with van der Waals surface area (Å²) in [5.41, 5.74) is 6.47. The van der Waals surface area contributed by atoms with Gasteiger partial charge < -0.3 is 30.3 Å². The van der Waals surface area contributed by atoms with Gasteiger partial charge in [-0.25, -0.2) is 0 Å². The number of alkyl halides is 1. The van der Waals surface area contributed by atoms with Gasteiger partial charge in [-0.2, -0.15) is 0 Å². The van der Waals surface area contributed by atoms with Gasteiger partial charge in [0.25, 0.3) is 11.8 Å². The van der Waals surface area contributed by atoms with Crippen LogP contribution in [0.3, 0.4) is 0 Å². The zero-order valence-corrected chi connectivity index (χ0v) is 21.7. The van der Waals surface area contributed by atoms with Gasteiger partial charge in [-0.05, 0) is 54.4 Å². The highest BCUT2D eigenvalue weighted by atomic mass is 35.5. The van der Waals surface area contributed by atoms with Crippen LogP contribution in [0.25, 0.3) is 32.7 Å². The zero-order valence-electron chi connectivity index (χ0n) is 20.9. The number of H-pyrrole nitrogens is 3. The molecule has 9 heteroatoms. The van der Waals surface area contributed by atoms with Crippen LogP contribution in [-0.4, -0.2) is 44.3 Å². The molecule has 0 saturated carbocycles. The van der Waals surface area contributed by atoms with Crippen LogP contribution < -0.4 is 10.2 Å². The molecule has 0 fully saturated rings. The fourth-order valence-corrected chi connectivity index (χ4v) is 5.96. The molecule has 2 amide bonds. The molecule has 0 unspecified atom stereocenters. The zero-order chi connectivity index (χ0) is 26.8. The Morgan fingerprint density at radius 2 is 1.79 bits per heavy atom. The van der Waals surface area contributed by atoms with Crippen LogP contribution in [0.15, 0.2) is 66.9 Å². The minimum absolute atomic E-state index is 0.0564. The van der Waals surface area contributed by atoms with Crippen molar-refractivity contribution in [3.8, 4) is 5.75 Å². The molecule has 0 aliphatic carbocycles. The molecule has 1 atom stereocenters. The van der Waals surface area contributed by atoms with Gasteiger partial charge in [-0.3, -0.25) is 9.59 Å². The summed E-state index contributed by atoms with van der Waals surface area (Å²) in [6, 6.07) is 18.4. The lowest BCUT2D eigenvalue weighted by molar-refractivity contribution is 0.0983.